The van der Waals surface area contributed by atoms with Crippen molar-refractivity contribution >= 4 is 17.7 Å². The Morgan fingerprint density at radius 3 is 2.25 bits per heavy atom. The predicted octanol–water partition coefficient (Wildman–Crippen LogP) is 2.82. The molecule has 0 heterocycles. The second-order valence-corrected chi connectivity index (χ2v) is 5.78. The van der Waals surface area contributed by atoms with Crippen LogP contribution < -0.4 is 5.32 Å². The van der Waals surface area contributed by atoms with Gasteiger partial charge in [0.15, 0.2) is 0 Å². The number of thioether (sulfide) groups is 1. The van der Waals surface area contributed by atoms with Crippen molar-refractivity contribution in [1.82, 2.24) is 5.32 Å². The number of nitrogens with one attached hydrogen (secondary N) is 1. The molecule has 0 saturated carbocycles. The van der Waals surface area contributed by atoms with Gasteiger partial charge in [0, 0.05) is 11.9 Å². The van der Waals surface area contributed by atoms with Crippen molar-refractivity contribution in [3.05, 3.63) is 29.8 Å². The van der Waals surface area contributed by atoms with Crippen molar-refractivity contribution in [2.75, 3.05) is 12.8 Å². The molecule has 0 radical (unpaired) electrons. The Hall–Kier alpha value is -0.960. The van der Waals surface area contributed by atoms with E-state index in [0.29, 0.717) is 5.75 Å². The minimum absolute atomic E-state index is 0.0601. The molecule has 16 heavy (non-hydrogen) atoms. The Morgan fingerprint density at radius 2 is 1.81 bits per heavy atom. The zero-order valence-corrected chi connectivity index (χ0v) is 11.1. The smallest absolute Gasteiger partial charge is 0.230 e. The molecule has 88 valence electrons. The predicted molar refractivity (Wildman–Crippen MR) is 69.9 cm³/mol. The molecule has 1 amide bonds. The molecule has 0 aliphatic carbocycles. The standard InChI is InChI=1S/C13H19NOS/c1-13(2,3)10-5-7-11(8-6-10)16-9-12(15)14-4/h5-8H,9H2,1-4H3,(H,14,15). The molecule has 0 fully saturated rings. The van der Waals surface area contributed by atoms with E-state index in [9.17, 15) is 4.79 Å². The summed E-state index contributed by atoms with van der Waals surface area (Å²) in [5.74, 6) is 0.538. The van der Waals surface area contributed by atoms with E-state index in [-0.39, 0.29) is 11.3 Å². The Morgan fingerprint density at radius 1 is 1.25 bits per heavy atom. The summed E-state index contributed by atoms with van der Waals surface area (Å²) in [4.78, 5) is 12.2. The van der Waals surface area contributed by atoms with Crippen LogP contribution in [0.5, 0.6) is 0 Å². The summed E-state index contributed by atoms with van der Waals surface area (Å²) in [5.41, 5.74) is 1.50. The lowest BCUT2D eigenvalue weighted by atomic mass is 9.87. The van der Waals surface area contributed by atoms with Gasteiger partial charge < -0.3 is 5.32 Å². The van der Waals surface area contributed by atoms with Crippen molar-refractivity contribution in [1.29, 1.82) is 0 Å². The van der Waals surface area contributed by atoms with Crippen LogP contribution in [0.4, 0.5) is 0 Å². The minimum Gasteiger partial charge on any atom is -0.358 e. The van der Waals surface area contributed by atoms with E-state index in [1.54, 1.807) is 18.8 Å². The molecule has 1 N–H and O–H groups in total. The number of carbonyl (C=O) groups excluding carboxylic acids is 1. The van der Waals surface area contributed by atoms with E-state index in [2.05, 4.69) is 50.4 Å². The molecule has 1 rings (SSSR count). The summed E-state index contributed by atoms with van der Waals surface area (Å²) in [6, 6.07) is 8.42. The van der Waals surface area contributed by atoms with Crippen LogP contribution in [0.1, 0.15) is 26.3 Å². The fourth-order valence-corrected chi connectivity index (χ4v) is 2.04. The fourth-order valence-electron chi connectivity index (χ4n) is 1.27. The van der Waals surface area contributed by atoms with E-state index in [0.717, 1.165) is 4.90 Å². The van der Waals surface area contributed by atoms with E-state index in [1.807, 2.05) is 0 Å². The quantitative estimate of drug-likeness (QED) is 0.819. The van der Waals surface area contributed by atoms with E-state index >= 15 is 0 Å². The first-order valence-corrected chi connectivity index (χ1v) is 6.36. The maximum absolute atomic E-state index is 11.1. The molecule has 0 bridgehead atoms. The molecule has 0 spiro atoms. The molecule has 0 unspecified atom stereocenters. The van der Waals surface area contributed by atoms with Crippen LogP contribution in [0.3, 0.4) is 0 Å². The lowest BCUT2D eigenvalue weighted by Crippen LogP contribution is -2.19. The number of hydrogen-bond donors (Lipinski definition) is 1. The third-order valence-electron chi connectivity index (χ3n) is 2.37. The monoisotopic (exact) mass is 237 g/mol. The molecule has 0 saturated heterocycles. The first-order chi connectivity index (χ1) is 7.43. The lowest BCUT2D eigenvalue weighted by Gasteiger charge is -2.18. The summed E-state index contributed by atoms with van der Waals surface area (Å²) >= 11 is 1.56. The van der Waals surface area contributed by atoms with Gasteiger partial charge >= 0.3 is 0 Å². The first-order valence-electron chi connectivity index (χ1n) is 5.37. The van der Waals surface area contributed by atoms with Crippen LogP contribution >= 0.6 is 11.8 Å². The lowest BCUT2D eigenvalue weighted by molar-refractivity contribution is -0.118. The summed E-state index contributed by atoms with van der Waals surface area (Å²) in [6.07, 6.45) is 0. The zero-order valence-electron chi connectivity index (χ0n) is 10.3. The second kappa shape index (κ2) is 5.39. The molecular weight excluding hydrogens is 218 g/mol. The number of hydrogen-bond acceptors (Lipinski definition) is 2. The van der Waals surface area contributed by atoms with Crippen LogP contribution in [-0.4, -0.2) is 18.7 Å². The minimum atomic E-state index is 0.0601. The second-order valence-electron chi connectivity index (χ2n) is 4.74. The normalized spacial score (nSPS) is 11.2. The maximum atomic E-state index is 11.1. The van der Waals surface area contributed by atoms with Crippen LogP contribution in [0.15, 0.2) is 29.2 Å². The average Bonchev–Trinajstić information content (AvgIpc) is 2.25. The van der Waals surface area contributed by atoms with Gasteiger partial charge in [-0.3, -0.25) is 4.79 Å². The number of carbonyl (C=O) groups is 1. The number of benzene rings is 1. The summed E-state index contributed by atoms with van der Waals surface area (Å²) in [5, 5.41) is 2.61. The van der Waals surface area contributed by atoms with Gasteiger partial charge in [0.1, 0.15) is 0 Å². The topological polar surface area (TPSA) is 29.1 Å². The van der Waals surface area contributed by atoms with Crippen molar-refractivity contribution in [3.63, 3.8) is 0 Å². The maximum Gasteiger partial charge on any atom is 0.230 e. The number of amides is 1. The van der Waals surface area contributed by atoms with Crippen LogP contribution in [0, 0.1) is 0 Å². The van der Waals surface area contributed by atoms with Gasteiger partial charge in [-0.2, -0.15) is 0 Å². The summed E-state index contributed by atoms with van der Waals surface area (Å²) in [6.45, 7) is 6.58. The highest BCUT2D eigenvalue weighted by Gasteiger charge is 2.12. The van der Waals surface area contributed by atoms with Crippen LogP contribution in [-0.2, 0) is 10.2 Å². The van der Waals surface area contributed by atoms with Gasteiger partial charge in [-0.05, 0) is 23.1 Å². The van der Waals surface area contributed by atoms with Gasteiger partial charge in [0.25, 0.3) is 0 Å². The fraction of sp³-hybridized carbons (Fsp3) is 0.462. The Kier molecular flexibility index (Phi) is 4.42. The highest BCUT2D eigenvalue weighted by molar-refractivity contribution is 8.00. The van der Waals surface area contributed by atoms with Crippen LogP contribution in [0.25, 0.3) is 0 Å². The summed E-state index contributed by atoms with van der Waals surface area (Å²) < 4.78 is 0. The van der Waals surface area contributed by atoms with E-state index in [1.165, 1.54) is 5.56 Å². The molecule has 1 aromatic rings. The molecular formula is C13H19NOS. The molecule has 0 aliphatic rings. The molecule has 0 aliphatic heterocycles. The first kappa shape index (κ1) is 13.1. The van der Waals surface area contributed by atoms with Crippen molar-refractivity contribution in [2.45, 2.75) is 31.1 Å². The third kappa shape index (κ3) is 3.89. The molecule has 0 aromatic heterocycles. The molecule has 0 atom stereocenters. The summed E-state index contributed by atoms with van der Waals surface area (Å²) in [7, 11) is 1.66. The highest BCUT2D eigenvalue weighted by atomic mass is 32.2. The van der Waals surface area contributed by atoms with Crippen LogP contribution in [0.2, 0.25) is 0 Å². The number of rotatable bonds is 3. The van der Waals surface area contributed by atoms with Gasteiger partial charge in [-0.15, -0.1) is 11.8 Å². The molecule has 1 aromatic carbocycles. The highest BCUT2D eigenvalue weighted by Crippen LogP contribution is 2.25. The van der Waals surface area contributed by atoms with Crippen molar-refractivity contribution in [2.24, 2.45) is 0 Å². The van der Waals surface area contributed by atoms with E-state index in [4.69, 9.17) is 0 Å². The SMILES string of the molecule is CNC(=O)CSc1ccc(C(C)(C)C)cc1. The average molecular weight is 237 g/mol. The van der Waals surface area contributed by atoms with Gasteiger partial charge in [-0.25, -0.2) is 0 Å². The van der Waals surface area contributed by atoms with Crippen molar-refractivity contribution in [3.8, 4) is 0 Å². The Labute approximate surface area is 102 Å². The van der Waals surface area contributed by atoms with Crippen molar-refractivity contribution < 1.29 is 4.79 Å². The van der Waals surface area contributed by atoms with Gasteiger partial charge in [0.2, 0.25) is 5.91 Å². The Balaban J connectivity index is 2.62. The zero-order chi connectivity index (χ0) is 12.2. The third-order valence-corrected chi connectivity index (χ3v) is 3.38. The molecule has 2 nitrogen and oxygen atoms in total. The van der Waals surface area contributed by atoms with Gasteiger partial charge in [-0.1, -0.05) is 32.9 Å². The largest absolute Gasteiger partial charge is 0.358 e. The van der Waals surface area contributed by atoms with Gasteiger partial charge in [0.05, 0.1) is 5.75 Å². The molecule has 3 heteroatoms. The Bertz CT molecular complexity index is 351. The van der Waals surface area contributed by atoms with E-state index < -0.39 is 0 Å².